The molecule has 0 aliphatic heterocycles. The van der Waals surface area contributed by atoms with Crippen LogP contribution in [0.4, 0.5) is 10.5 Å². The number of carboxylic acid groups (broad SMARTS) is 1. The van der Waals surface area contributed by atoms with Gasteiger partial charge in [0.1, 0.15) is 6.61 Å². The van der Waals surface area contributed by atoms with Gasteiger partial charge in [-0.2, -0.15) is 15.7 Å². The number of hydrogen-bond donors (Lipinski definition) is 4. The third-order valence-corrected chi connectivity index (χ3v) is 6.16. The van der Waals surface area contributed by atoms with Crippen LogP contribution in [0.5, 0.6) is 0 Å². The van der Waals surface area contributed by atoms with E-state index in [1.54, 1.807) is 66.7 Å². The monoisotopic (exact) mass is 604 g/mol. The van der Waals surface area contributed by atoms with E-state index < -0.39 is 48.2 Å². The number of hydroxylamine groups is 3. The quantitative estimate of drug-likeness (QED) is 0.121. The van der Waals surface area contributed by atoms with Crippen LogP contribution in [0.1, 0.15) is 30.0 Å². The molecule has 3 aromatic rings. The van der Waals surface area contributed by atoms with E-state index in [9.17, 15) is 24.0 Å². The molecule has 44 heavy (non-hydrogen) atoms. The molecular formula is C30H32N6O8. The maximum Gasteiger partial charge on any atom is 0.374 e. The smallest absolute Gasteiger partial charge is 0.374 e. The zero-order chi connectivity index (χ0) is 32.1. The van der Waals surface area contributed by atoms with Gasteiger partial charge in [0.25, 0.3) is 0 Å². The van der Waals surface area contributed by atoms with Crippen LogP contribution < -0.4 is 16.1 Å². The Balaban J connectivity index is 1.80. The van der Waals surface area contributed by atoms with Crippen molar-refractivity contribution in [2.45, 2.75) is 45.1 Å². The normalized spacial score (nSPS) is 11.9. The van der Waals surface area contributed by atoms with Crippen molar-refractivity contribution < 1.29 is 38.8 Å². The van der Waals surface area contributed by atoms with Crippen molar-refractivity contribution in [1.29, 1.82) is 5.53 Å². The molecule has 0 bridgehead atoms. The van der Waals surface area contributed by atoms with Gasteiger partial charge in [-0.3, -0.25) is 24.1 Å². The topological polar surface area (TPSA) is 205 Å². The van der Waals surface area contributed by atoms with Gasteiger partial charge in [0.2, 0.25) is 5.91 Å². The molecule has 0 aliphatic rings. The van der Waals surface area contributed by atoms with Crippen LogP contribution >= 0.6 is 0 Å². The molecular weight excluding hydrogens is 572 g/mol. The highest BCUT2D eigenvalue weighted by molar-refractivity contribution is 6.13. The molecule has 14 nitrogen and oxygen atoms in total. The van der Waals surface area contributed by atoms with Crippen molar-refractivity contribution in [2.24, 2.45) is 10.8 Å². The van der Waals surface area contributed by atoms with E-state index in [0.29, 0.717) is 5.56 Å². The Bertz CT molecular complexity index is 1450. The first kappa shape index (κ1) is 33.0. The summed E-state index contributed by atoms with van der Waals surface area (Å²) >= 11 is 0. The molecule has 0 aromatic heterocycles. The third kappa shape index (κ3) is 9.54. The largest absolute Gasteiger partial charge is 0.481 e. The number of Topliss-reactive ketones (excluding diaryl/α,β-unsaturated/α-hetero) is 1. The standard InChI is InChI=1S/C30H32N6O8/c1-20(37)27(36(24-10-6-3-7-11-24)28(40)25(31)16-26(38)39)29(41)44-34-30(42)35(43-19-23-8-4-2-5-9-23)18-22-14-12-21(13-15-22)17-33-32/h2-15,25,27,32H,16-19,31H2,1H3,(H,34,42)(H,38,39)/t25-,27-/m0/s1. The summed E-state index contributed by atoms with van der Waals surface area (Å²) in [4.78, 5) is 74.9. The fourth-order valence-corrected chi connectivity index (χ4v) is 4.01. The van der Waals surface area contributed by atoms with Gasteiger partial charge in [0.05, 0.1) is 25.6 Å². The number of carbonyl (C=O) groups excluding carboxylic acids is 4. The minimum absolute atomic E-state index is 0.00810. The highest BCUT2D eigenvalue weighted by Gasteiger charge is 2.39. The summed E-state index contributed by atoms with van der Waals surface area (Å²) in [5.74, 6) is -4.53. The second-order valence-electron chi connectivity index (χ2n) is 9.52. The SMILES string of the molecule is CC(=O)[C@@H](C(=O)ONC(=O)N(Cc1ccc(CN=N)cc1)OCc1ccccc1)N(C(=O)[C@@H](N)CC(=O)O)c1ccccc1. The summed E-state index contributed by atoms with van der Waals surface area (Å²) in [6.45, 7) is 1.15. The van der Waals surface area contributed by atoms with Crippen LogP contribution in [0.15, 0.2) is 90.0 Å². The second-order valence-corrected chi connectivity index (χ2v) is 9.52. The molecule has 2 atom stereocenters. The Hall–Kier alpha value is -5.47. The Kier molecular flexibility index (Phi) is 12.2. The zero-order valence-corrected chi connectivity index (χ0v) is 23.8. The number of carboxylic acids is 1. The van der Waals surface area contributed by atoms with Crippen LogP contribution in [0.3, 0.4) is 0 Å². The van der Waals surface area contributed by atoms with Crippen molar-refractivity contribution in [3.05, 3.63) is 102 Å². The highest BCUT2D eigenvalue weighted by Crippen LogP contribution is 2.20. The molecule has 0 heterocycles. The summed E-state index contributed by atoms with van der Waals surface area (Å²) in [6, 6.07) is 19.0. The van der Waals surface area contributed by atoms with Gasteiger partial charge in [0, 0.05) is 5.69 Å². The lowest BCUT2D eigenvalue weighted by Crippen LogP contribution is -2.56. The summed E-state index contributed by atoms with van der Waals surface area (Å²) < 4.78 is 0. The molecule has 0 spiro atoms. The summed E-state index contributed by atoms with van der Waals surface area (Å²) in [5.41, 5.74) is 17.0. The van der Waals surface area contributed by atoms with Gasteiger partial charge >= 0.3 is 18.0 Å². The molecule has 0 saturated carbocycles. The lowest BCUT2D eigenvalue weighted by molar-refractivity contribution is -0.162. The number of aliphatic carboxylic acids is 1. The first-order valence-electron chi connectivity index (χ1n) is 13.3. The molecule has 3 aromatic carbocycles. The van der Waals surface area contributed by atoms with Gasteiger partial charge in [0.15, 0.2) is 11.8 Å². The summed E-state index contributed by atoms with van der Waals surface area (Å²) in [6.07, 6.45) is -0.759. The molecule has 14 heteroatoms. The number of nitrogens with zero attached hydrogens (tertiary/aromatic N) is 3. The highest BCUT2D eigenvalue weighted by atomic mass is 16.7. The van der Waals surface area contributed by atoms with E-state index >= 15 is 0 Å². The van der Waals surface area contributed by atoms with E-state index in [1.165, 1.54) is 12.1 Å². The molecule has 0 fully saturated rings. The second kappa shape index (κ2) is 16.2. The number of rotatable bonds is 14. The van der Waals surface area contributed by atoms with Gasteiger partial charge < -0.3 is 15.7 Å². The average molecular weight is 605 g/mol. The van der Waals surface area contributed by atoms with Crippen LogP contribution in [-0.4, -0.2) is 51.9 Å². The lowest BCUT2D eigenvalue weighted by atomic mass is 10.1. The molecule has 0 unspecified atom stereocenters. The number of para-hydroxylation sites is 1. The molecule has 5 N–H and O–H groups in total. The number of nitrogens with two attached hydrogens (primary N) is 1. The lowest BCUT2D eigenvalue weighted by Gasteiger charge is -2.30. The van der Waals surface area contributed by atoms with Crippen molar-refractivity contribution in [3.63, 3.8) is 0 Å². The van der Waals surface area contributed by atoms with E-state index in [1.807, 2.05) is 11.5 Å². The molecule has 3 rings (SSSR count). The predicted molar refractivity (Wildman–Crippen MR) is 155 cm³/mol. The Morgan fingerprint density at radius 3 is 2.07 bits per heavy atom. The van der Waals surface area contributed by atoms with Gasteiger partial charge in [-0.25, -0.2) is 15.1 Å². The first-order valence-corrected chi connectivity index (χ1v) is 13.3. The van der Waals surface area contributed by atoms with Gasteiger partial charge in [-0.05, 0) is 35.7 Å². The van der Waals surface area contributed by atoms with Crippen molar-refractivity contribution in [2.75, 3.05) is 4.90 Å². The summed E-state index contributed by atoms with van der Waals surface area (Å²) in [5, 5.41) is 13.4. The predicted octanol–water partition coefficient (Wildman–Crippen LogP) is 3.11. The molecule has 0 saturated heterocycles. The maximum atomic E-state index is 13.2. The minimum atomic E-state index is -1.90. The van der Waals surface area contributed by atoms with Crippen LogP contribution in [0.25, 0.3) is 0 Å². The Labute approximate surface area is 252 Å². The molecule has 0 radical (unpaired) electrons. The minimum Gasteiger partial charge on any atom is -0.481 e. The van der Waals surface area contributed by atoms with E-state index in [2.05, 4.69) is 5.11 Å². The van der Waals surface area contributed by atoms with Crippen molar-refractivity contribution in [3.8, 4) is 0 Å². The van der Waals surface area contributed by atoms with E-state index in [-0.39, 0.29) is 25.4 Å². The van der Waals surface area contributed by atoms with E-state index in [0.717, 1.165) is 28.0 Å². The van der Waals surface area contributed by atoms with Crippen LogP contribution in [0, 0.1) is 5.53 Å². The fourth-order valence-electron chi connectivity index (χ4n) is 4.01. The third-order valence-electron chi connectivity index (χ3n) is 6.16. The Morgan fingerprint density at radius 1 is 0.909 bits per heavy atom. The molecule has 3 amide bonds. The van der Waals surface area contributed by atoms with Gasteiger partial charge in [-0.15, -0.1) is 0 Å². The zero-order valence-electron chi connectivity index (χ0n) is 23.8. The fraction of sp³-hybridized carbons (Fsp3) is 0.233. The Morgan fingerprint density at radius 2 is 1.50 bits per heavy atom. The maximum absolute atomic E-state index is 13.2. The number of anilines is 1. The number of hydrogen-bond acceptors (Lipinski definition) is 10. The van der Waals surface area contributed by atoms with Gasteiger partial charge in [-0.1, -0.05) is 72.8 Å². The van der Waals surface area contributed by atoms with Crippen LogP contribution in [0.2, 0.25) is 0 Å². The molecule has 0 aliphatic carbocycles. The van der Waals surface area contributed by atoms with E-state index in [4.69, 9.17) is 26.0 Å². The number of nitrogens with one attached hydrogen (secondary N) is 2. The number of benzene rings is 3. The number of amides is 3. The average Bonchev–Trinajstić information content (AvgIpc) is 3.01. The number of ketones is 1. The summed E-state index contributed by atoms with van der Waals surface area (Å²) in [7, 11) is 0. The van der Waals surface area contributed by atoms with Crippen molar-refractivity contribution >= 4 is 35.3 Å². The van der Waals surface area contributed by atoms with Crippen molar-refractivity contribution in [1.82, 2.24) is 10.5 Å². The van der Waals surface area contributed by atoms with Crippen LogP contribution in [-0.2, 0) is 48.5 Å². The molecule has 230 valence electrons. The first-order chi connectivity index (χ1) is 21.1. The number of urea groups is 1. The number of carbonyl (C=O) groups is 5.